The van der Waals surface area contributed by atoms with Gasteiger partial charge in [0.25, 0.3) is 0 Å². The zero-order chi connectivity index (χ0) is 18.1. The lowest BCUT2D eigenvalue weighted by Crippen LogP contribution is -2.13. The fourth-order valence-corrected chi connectivity index (χ4v) is 2.25. The number of Topliss-reactive ketones (excluding diaryl/α,β-unsaturated/α-hetero) is 1. The van der Waals surface area contributed by atoms with Crippen LogP contribution in [0.3, 0.4) is 0 Å². The second-order valence-electron chi connectivity index (χ2n) is 5.58. The summed E-state index contributed by atoms with van der Waals surface area (Å²) < 4.78 is 10.6. The first-order valence-corrected chi connectivity index (χ1v) is 8.32. The molecule has 0 saturated carbocycles. The molecule has 2 aromatic rings. The average Bonchev–Trinajstić information content (AvgIpc) is 2.65. The van der Waals surface area contributed by atoms with Gasteiger partial charge >= 0.3 is 0 Å². The first kappa shape index (κ1) is 18.5. The molecule has 2 aromatic carbocycles. The molecule has 1 N–H and O–H groups in total. The number of hydrogen-bond donors (Lipinski definition) is 1. The van der Waals surface area contributed by atoms with Crippen molar-refractivity contribution in [3.8, 4) is 11.5 Å². The largest absolute Gasteiger partial charge is 0.497 e. The molecule has 0 aromatic heterocycles. The van der Waals surface area contributed by atoms with Crippen LogP contribution in [0.15, 0.2) is 48.5 Å². The van der Waals surface area contributed by atoms with Gasteiger partial charge in [-0.15, -0.1) is 0 Å². The summed E-state index contributed by atoms with van der Waals surface area (Å²) in [7, 11) is 1.57. The number of rotatable bonds is 9. The van der Waals surface area contributed by atoms with Crippen LogP contribution >= 0.6 is 0 Å². The Hall–Kier alpha value is -2.82. The zero-order valence-corrected chi connectivity index (χ0v) is 14.6. The van der Waals surface area contributed by atoms with E-state index in [1.54, 1.807) is 55.6 Å². The van der Waals surface area contributed by atoms with E-state index in [0.29, 0.717) is 23.6 Å². The van der Waals surface area contributed by atoms with E-state index in [4.69, 9.17) is 9.47 Å². The van der Waals surface area contributed by atoms with Crippen LogP contribution in [0.2, 0.25) is 0 Å². The summed E-state index contributed by atoms with van der Waals surface area (Å²) in [4.78, 5) is 24.2. The lowest BCUT2D eigenvalue weighted by atomic mass is 10.1. The highest BCUT2D eigenvalue weighted by Crippen LogP contribution is 2.18. The average molecular weight is 341 g/mol. The fourth-order valence-electron chi connectivity index (χ4n) is 2.25. The molecule has 0 heterocycles. The van der Waals surface area contributed by atoms with Crippen LogP contribution in [0.1, 0.15) is 36.5 Å². The molecule has 0 saturated heterocycles. The highest BCUT2D eigenvalue weighted by molar-refractivity contribution is 6.00. The predicted octanol–water partition coefficient (Wildman–Crippen LogP) is 4.09. The minimum Gasteiger partial charge on any atom is -0.497 e. The monoisotopic (exact) mass is 341 g/mol. The van der Waals surface area contributed by atoms with Gasteiger partial charge in [-0.05, 0) is 42.8 Å². The highest BCUT2D eigenvalue weighted by atomic mass is 16.5. The minimum absolute atomic E-state index is 0.0668. The number of ketones is 1. The number of nitrogens with one attached hydrogen (secondary N) is 1. The second kappa shape index (κ2) is 9.47. The summed E-state index contributed by atoms with van der Waals surface area (Å²) in [6.07, 6.45) is 1.22. The number of benzene rings is 2. The van der Waals surface area contributed by atoms with Crippen molar-refractivity contribution in [3.05, 3.63) is 54.1 Å². The van der Waals surface area contributed by atoms with Crippen LogP contribution in [0.25, 0.3) is 0 Å². The standard InChI is InChI=1S/C20H23NO4/c1-3-13-25-17-9-7-15(8-10-17)19(22)11-12-20(23)21-16-5-4-6-18(14-16)24-2/h4-10,14H,3,11-13H2,1-2H3,(H,21,23). The molecule has 25 heavy (non-hydrogen) atoms. The van der Waals surface area contributed by atoms with Gasteiger partial charge in [0.15, 0.2) is 5.78 Å². The first-order valence-electron chi connectivity index (χ1n) is 8.32. The fraction of sp³-hybridized carbons (Fsp3) is 0.300. The van der Waals surface area contributed by atoms with Crippen LogP contribution in [0.4, 0.5) is 5.69 Å². The molecule has 2 rings (SSSR count). The molecule has 0 fully saturated rings. The molecule has 0 aliphatic heterocycles. The van der Waals surface area contributed by atoms with Gasteiger partial charge in [0, 0.05) is 30.2 Å². The number of amides is 1. The third-order valence-electron chi connectivity index (χ3n) is 3.58. The van der Waals surface area contributed by atoms with Gasteiger partial charge in [0.1, 0.15) is 11.5 Å². The van der Waals surface area contributed by atoms with Gasteiger partial charge in [-0.25, -0.2) is 0 Å². The smallest absolute Gasteiger partial charge is 0.224 e. The number of hydrogen-bond acceptors (Lipinski definition) is 4. The van der Waals surface area contributed by atoms with Crippen LogP contribution in [-0.2, 0) is 4.79 Å². The Morgan fingerprint density at radius 3 is 2.44 bits per heavy atom. The van der Waals surface area contributed by atoms with Crippen molar-refractivity contribution >= 4 is 17.4 Å². The van der Waals surface area contributed by atoms with E-state index >= 15 is 0 Å². The van der Waals surface area contributed by atoms with E-state index in [1.807, 2.05) is 6.92 Å². The Kier molecular flexibility index (Phi) is 7.01. The lowest BCUT2D eigenvalue weighted by molar-refractivity contribution is -0.116. The van der Waals surface area contributed by atoms with Crippen molar-refractivity contribution in [2.24, 2.45) is 0 Å². The molecular formula is C20H23NO4. The summed E-state index contributed by atoms with van der Waals surface area (Å²) in [5, 5.41) is 2.76. The number of anilines is 1. The Labute approximate surface area is 148 Å². The summed E-state index contributed by atoms with van der Waals surface area (Å²) in [6.45, 7) is 2.69. The quantitative estimate of drug-likeness (QED) is 0.698. The van der Waals surface area contributed by atoms with Gasteiger partial charge < -0.3 is 14.8 Å². The van der Waals surface area contributed by atoms with Crippen molar-refractivity contribution in [1.29, 1.82) is 0 Å². The van der Waals surface area contributed by atoms with E-state index in [9.17, 15) is 9.59 Å². The molecule has 5 nitrogen and oxygen atoms in total. The summed E-state index contributed by atoms with van der Waals surface area (Å²) in [6, 6.07) is 14.1. The van der Waals surface area contributed by atoms with E-state index in [-0.39, 0.29) is 24.5 Å². The Morgan fingerprint density at radius 2 is 1.76 bits per heavy atom. The van der Waals surface area contributed by atoms with E-state index in [0.717, 1.165) is 12.2 Å². The minimum atomic E-state index is -0.204. The molecule has 0 aliphatic carbocycles. The van der Waals surface area contributed by atoms with Crippen LogP contribution in [0.5, 0.6) is 11.5 Å². The van der Waals surface area contributed by atoms with Crippen molar-refractivity contribution in [2.45, 2.75) is 26.2 Å². The molecule has 0 bridgehead atoms. The van der Waals surface area contributed by atoms with Crippen LogP contribution in [-0.4, -0.2) is 25.4 Å². The summed E-state index contributed by atoms with van der Waals surface area (Å²) in [5.74, 6) is 1.14. The van der Waals surface area contributed by atoms with Gasteiger partial charge in [-0.2, -0.15) is 0 Å². The van der Waals surface area contributed by atoms with E-state index < -0.39 is 0 Å². The molecule has 132 valence electrons. The number of carbonyl (C=O) groups excluding carboxylic acids is 2. The van der Waals surface area contributed by atoms with Gasteiger partial charge in [0.05, 0.1) is 13.7 Å². The summed E-state index contributed by atoms with van der Waals surface area (Å²) in [5.41, 5.74) is 1.23. The van der Waals surface area contributed by atoms with Gasteiger partial charge in [-0.3, -0.25) is 9.59 Å². The second-order valence-corrected chi connectivity index (χ2v) is 5.58. The molecule has 0 aliphatic rings. The molecule has 0 unspecified atom stereocenters. The van der Waals surface area contributed by atoms with Crippen LogP contribution in [0, 0.1) is 0 Å². The molecule has 0 atom stereocenters. The van der Waals surface area contributed by atoms with Crippen LogP contribution < -0.4 is 14.8 Å². The number of ether oxygens (including phenoxy) is 2. The maximum absolute atomic E-state index is 12.2. The maximum atomic E-state index is 12.2. The molecule has 1 amide bonds. The Bertz CT molecular complexity index is 710. The molecular weight excluding hydrogens is 318 g/mol. The maximum Gasteiger partial charge on any atom is 0.224 e. The van der Waals surface area contributed by atoms with Gasteiger partial charge in [0.2, 0.25) is 5.91 Å². The zero-order valence-electron chi connectivity index (χ0n) is 14.6. The predicted molar refractivity (Wildman–Crippen MR) is 97.4 cm³/mol. The topological polar surface area (TPSA) is 64.6 Å². The third-order valence-corrected chi connectivity index (χ3v) is 3.58. The van der Waals surface area contributed by atoms with E-state index in [2.05, 4.69) is 5.32 Å². The van der Waals surface area contributed by atoms with Crippen molar-refractivity contribution in [3.63, 3.8) is 0 Å². The Morgan fingerprint density at radius 1 is 1.00 bits per heavy atom. The van der Waals surface area contributed by atoms with Crippen molar-refractivity contribution in [2.75, 3.05) is 19.0 Å². The SMILES string of the molecule is CCCOc1ccc(C(=O)CCC(=O)Nc2cccc(OC)c2)cc1. The van der Waals surface area contributed by atoms with Crippen molar-refractivity contribution < 1.29 is 19.1 Å². The summed E-state index contributed by atoms with van der Waals surface area (Å²) >= 11 is 0. The molecule has 0 radical (unpaired) electrons. The normalized spacial score (nSPS) is 10.2. The highest BCUT2D eigenvalue weighted by Gasteiger charge is 2.10. The number of methoxy groups -OCH3 is 1. The molecule has 5 heteroatoms. The lowest BCUT2D eigenvalue weighted by Gasteiger charge is -2.07. The third kappa shape index (κ3) is 5.95. The van der Waals surface area contributed by atoms with Crippen molar-refractivity contribution in [1.82, 2.24) is 0 Å². The molecule has 0 spiro atoms. The van der Waals surface area contributed by atoms with E-state index in [1.165, 1.54) is 0 Å². The van der Waals surface area contributed by atoms with Gasteiger partial charge in [-0.1, -0.05) is 13.0 Å². The number of carbonyl (C=O) groups is 2. The first-order chi connectivity index (χ1) is 12.1. The Balaban J connectivity index is 1.83.